The Kier molecular flexibility index (Phi) is 5.45. The van der Waals surface area contributed by atoms with Crippen molar-refractivity contribution in [3.8, 4) is 5.75 Å². The molecular weight excluding hydrogens is 530 g/mol. The Morgan fingerprint density at radius 1 is 0.974 bits per heavy atom. The highest BCUT2D eigenvalue weighted by molar-refractivity contribution is 5.44. The number of alkyl halides is 4. The van der Waals surface area contributed by atoms with Crippen molar-refractivity contribution in [2.24, 2.45) is 5.41 Å². The molecule has 1 unspecified atom stereocenters. The molecule has 1 atom stereocenters. The number of ether oxygens (including phenoxy) is 1. The van der Waals surface area contributed by atoms with Crippen molar-refractivity contribution < 1.29 is 41.3 Å². The molecule has 7 rings (SSSR count). The number of halogens is 6. The molecule has 0 amide bonds. The Morgan fingerprint density at radius 3 is 2.21 bits per heavy atom. The first-order valence-corrected chi connectivity index (χ1v) is 12.3. The van der Waals surface area contributed by atoms with Crippen LogP contribution in [0.1, 0.15) is 43.2 Å². The summed E-state index contributed by atoms with van der Waals surface area (Å²) in [6, 6.07) is 8.63. The molecule has 208 valence electrons. The van der Waals surface area contributed by atoms with Gasteiger partial charge in [0, 0.05) is 29.9 Å². The van der Waals surface area contributed by atoms with Crippen LogP contribution in [0.3, 0.4) is 0 Å². The highest BCUT2D eigenvalue weighted by Gasteiger charge is 2.82. The Bertz CT molecular complexity index is 1370. The Morgan fingerprint density at radius 2 is 1.64 bits per heavy atom. The molecule has 2 bridgehead atoms. The predicted molar refractivity (Wildman–Crippen MR) is 122 cm³/mol. The van der Waals surface area contributed by atoms with Gasteiger partial charge in [0.2, 0.25) is 0 Å². The van der Waals surface area contributed by atoms with Gasteiger partial charge < -0.3 is 14.9 Å². The van der Waals surface area contributed by atoms with Crippen molar-refractivity contribution in [2.45, 2.75) is 67.1 Å². The zero-order chi connectivity index (χ0) is 27.9. The fraction of sp³-hybridized carbons (Fsp3) is 0.500. The van der Waals surface area contributed by atoms with E-state index in [-0.39, 0.29) is 25.9 Å². The summed E-state index contributed by atoms with van der Waals surface area (Å²) in [6.07, 6.45) is -0.267. The molecule has 4 saturated carbocycles. The van der Waals surface area contributed by atoms with Crippen LogP contribution < -0.4 is 4.74 Å². The van der Waals surface area contributed by atoms with Crippen molar-refractivity contribution >= 4 is 0 Å². The molecule has 1 aromatic heterocycles. The number of hydrogen-bond acceptors (Lipinski definition) is 6. The van der Waals surface area contributed by atoms with Crippen LogP contribution in [0.25, 0.3) is 0 Å². The van der Waals surface area contributed by atoms with Crippen LogP contribution in [0.4, 0.5) is 26.3 Å². The molecule has 0 radical (unpaired) electrons. The molecule has 39 heavy (non-hydrogen) atoms. The van der Waals surface area contributed by atoms with Crippen molar-refractivity contribution in [2.75, 3.05) is 6.61 Å². The van der Waals surface area contributed by atoms with Gasteiger partial charge in [-0.3, -0.25) is 0 Å². The second-order valence-electron chi connectivity index (χ2n) is 11.4. The molecule has 0 saturated heterocycles. The number of hydrogen-bond donors (Lipinski definition) is 2. The summed E-state index contributed by atoms with van der Waals surface area (Å²) in [5.41, 5.74) is -6.85. The lowest BCUT2D eigenvalue weighted by atomic mass is 9.30. The van der Waals surface area contributed by atoms with E-state index in [9.17, 15) is 27.8 Å². The molecular formula is C26H24F6N4O3. The van der Waals surface area contributed by atoms with Gasteiger partial charge in [0.05, 0.1) is 6.54 Å². The number of tetrazole rings is 1. The van der Waals surface area contributed by atoms with Gasteiger partial charge in [-0.2, -0.15) is 0 Å². The third-order valence-electron chi connectivity index (χ3n) is 8.52. The molecule has 13 heteroatoms. The van der Waals surface area contributed by atoms with E-state index in [1.54, 1.807) is 24.3 Å². The van der Waals surface area contributed by atoms with Crippen LogP contribution in [0.5, 0.6) is 5.75 Å². The number of benzene rings is 2. The largest absolute Gasteiger partial charge is 0.491 e. The monoisotopic (exact) mass is 554 g/mol. The summed E-state index contributed by atoms with van der Waals surface area (Å²) >= 11 is 0. The summed E-state index contributed by atoms with van der Waals surface area (Å²) < 4.78 is 93.3. The number of aromatic nitrogens is 4. The van der Waals surface area contributed by atoms with E-state index in [1.807, 2.05) is 0 Å². The molecule has 2 N–H and O–H groups in total. The molecule has 4 aliphatic rings. The number of aliphatic hydroxyl groups is 2. The zero-order valence-electron chi connectivity index (χ0n) is 20.4. The van der Waals surface area contributed by atoms with Gasteiger partial charge in [0.1, 0.15) is 35.9 Å². The predicted octanol–water partition coefficient (Wildman–Crippen LogP) is 4.14. The van der Waals surface area contributed by atoms with Crippen molar-refractivity contribution in [3.63, 3.8) is 0 Å². The standard InChI is InChI=1S/C26H24F6N4O3/c27-17-3-6-19(20(28)7-17)25(38,13-36-15-33-34-35-36)26(31,32)22-8-21(9-22,10-22)16-1-4-18(5-2-16)39-14-23(37)11-24(29,30)12-23/h1-7,15,37-38H,8-14H2. The maximum atomic E-state index is 16.3. The minimum Gasteiger partial charge on any atom is -0.491 e. The first-order chi connectivity index (χ1) is 18.2. The van der Waals surface area contributed by atoms with E-state index in [1.165, 1.54) is 0 Å². The van der Waals surface area contributed by atoms with Crippen molar-refractivity contribution in [3.05, 3.63) is 71.6 Å². The summed E-state index contributed by atoms with van der Waals surface area (Å²) in [5, 5.41) is 31.8. The fourth-order valence-electron chi connectivity index (χ4n) is 6.67. The molecule has 4 fully saturated rings. The van der Waals surface area contributed by atoms with Gasteiger partial charge in [-0.05, 0) is 64.9 Å². The third-order valence-corrected chi connectivity index (χ3v) is 8.52. The molecule has 0 spiro atoms. The molecule has 2 aromatic carbocycles. The smallest absolute Gasteiger partial charge is 0.287 e. The normalized spacial score (nSPS) is 28.0. The van der Waals surface area contributed by atoms with Gasteiger partial charge >= 0.3 is 0 Å². The maximum absolute atomic E-state index is 16.3. The van der Waals surface area contributed by atoms with E-state index < -0.39 is 70.5 Å². The third kappa shape index (κ3) is 3.92. The Labute approximate surface area is 218 Å². The van der Waals surface area contributed by atoms with Crippen LogP contribution >= 0.6 is 0 Å². The highest BCUT2D eigenvalue weighted by atomic mass is 19.3. The van der Waals surface area contributed by atoms with E-state index in [0.29, 0.717) is 11.8 Å². The van der Waals surface area contributed by atoms with Gasteiger partial charge in [-0.25, -0.2) is 31.0 Å². The first-order valence-electron chi connectivity index (χ1n) is 12.3. The summed E-state index contributed by atoms with van der Waals surface area (Å²) in [7, 11) is 0. The molecule has 3 aromatic rings. The minimum atomic E-state index is -3.84. The first kappa shape index (κ1) is 26.1. The lowest BCUT2D eigenvalue weighted by Crippen LogP contribution is -2.76. The topological polar surface area (TPSA) is 93.3 Å². The fourth-order valence-corrected chi connectivity index (χ4v) is 6.67. The molecule has 4 aliphatic carbocycles. The minimum absolute atomic E-state index is 0.0166. The van der Waals surface area contributed by atoms with Crippen molar-refractivity contribution in [1.29, 1.82) is 0 Å². The SMILES string of the molecule is OC1(COc2ccc(C34CC(C(F)(F)C(O)(Cn5cnnn5)c5ccc(F)cc5F)(C3)C4)cc2)CC(F)(F)C1. The van der Waals surface area contributed by atoms with Gasteiger partial charge in [-0.15, -0.1) is 5.10 Å². The lowest BCUT2D eigenvalue weighted by Gasteiger charge is -2.74. The van der Waals surface area contributed by atoms with E-state index in [0.717, 1.165) is 28.7 Å². The summed E-state index contributed by atoms with van der Waals surface area (Å²) in [5.74, 6) is -8.67. The Balaban J connectivity index is 1.19. The summed E-state index contributed by atoms with van der Waals surface area (Å²) in [4.78, 5) is 0. The molecule has 1 heterocycles. The van der Waals surface area contributed by atoms with Crippen LogP contribution in [0, 0.1) is 17.0 Å². The van der Waals surface area contributed by atoms with E-state index in [4.69, 9.17) is 4.74 Å². The quantitative estimate of drug-likeness (QED) is 0.387. The van der Waals surface area contributed by atoms with Gasteiger partial charge in [0.15, 0.2) is 5.60 Å². The highest BCUT2D eigenvalue weighted by Crippen LogP contribution is 2.80. The summed E-state index contributed by atoms with van der Waals surface area (Å²) in [6.45, 7) is -1.14. The second kappa shape index (κ2) is 8.17. The molecule has 0 aliphatic heterocycles. The average molecular weight is 554 g/mol. The van der Waals surface area contributed by atoms with Crippen LogP contribution in [0.2, 0.25) is 0 Å². The van der Waals surface area contributed by atoms with Gasteiger partial charge in [0.25, 0.3) is 11.8 Å². The second-order valence-corrected chi connectivity index (χ2v) is 11.4. The lowest BCUT2D eigenvalue weighted by molar-refractivity contribution is -0.347. The van der Waals surface area contributed by atoms with Crippen LogP contribution in [0.15, 0.2) is 48.8 Å². The average Bonchev–Trinajstić information content (AvgIpc) is 3.28. The van der Waals surface area contributed by atoms with Gasteiger partial charge in [-0.1, -0.05) is 12.1 Å². The zero-order valence-corrected chi connectivity index (χ0v) is 20.4. The Hall–Kier alpha value is -3.19. The number of nitrogens with zero attached hydrogens (tertiary/aromatic N) is 4. The van der Waals surface area contributed by atoms with E-state index in [2.05, 4.69) is 15.5 Å². The molecule has 7 nitrogen and oxygen atoms in total. The van der Waals surface area contributed by atoms with E-state index >= 15 is 8.78 Å². The van der Waals surface area contributed by atoms with Crippen LogP contribution in [-0.4, -0.2) is 54.5 Å². The van der Waals surface area contributed by atoms with Crippen molar-refractivity contribution in [1.82, 2.24) is 20.2 Å². The van der Waals surface area contributed by atoms with Crippen LogP contribution in [-0.2, 0) is 17.6 Å². The maximum Gasteiger partial charge on any atom is 0.287 e. The number of rotatable bonds is 9.